The molecule has 0 fully saturated rings. The average molecular weight is 153 g/mol. The largest absolute Gasteiger partial charge is 0.392 e. The molecule has 0 amide bonds. The molecule has 2 N–H and O–H groups in total. The Bertz CT molecular complexity index is 248. The molecule has 60 valence electrons. The van der Waals surface area contributed by atoms with Gasteiger partial charge >= 0.3 is 0 Å². The predicted octanol–water partition coefficient (Wildman–Crippen LogP) is 0.375. The molecular weight excluding hydrogens is 142 g/mol. The van der Waals surface area contributed by atoms with Gasteiger partial charge in [0.15, 0.2) is 0 Å². The molecular formula is C8H11NO2. The molecule has 0 saturated heterocycles. The van der Waals surface area contributed by atoms with Crippen LogP contribution in [0.25, 0.3) is 0 Å². The molecule has 3 nitrogen and oxygen atoms in total. The van der Waals surface area contributed by atoms with Gasteiger partial charge in [-0.2, -0.15) is 0 Å². The summed E-state index contributed by atoms with van der Waals surface area (Å²) >= 11 is 0. The van der Waals surface area contributed by atoms with Gasteiger partial charge in [0, 0.05) is 17.5 Å². The lowest BCUT2D eigenvalue weighted by Crippen LogP contribution is -1.98. The maximum Gasteiger partial charge on any atom is 0.0703 e. The predicted molar refractivity (Wildman–Crippen MR) is 40.8 cm³/mol. The number of pyridine rings is 1. The number of rotatable bonds is 2. The number of aryl methyl sites for hydroxylation is 1. The number of hydrogen-bond acceptors (Lipinski definition) is 3. The minimum absolute atomic E-state index is 0.0424. The Balaban J connectivity index is 3.13. The standard InChI is InChI=1S/C8H11NO2/c1-6-8(5-11)7(4-10)2-3-9-6/h2-3,10-11H,4-5H2,1H3. The first-order valence-corrected chi connectivity index (χ1v) is 3.44. The third-order valence-electron chi connectivity index (χ3n) is 1.70. The first-order chi connectivity index (χ1) is 5.29. The van der Waals surface area contributed by atoms with Crippen LogP contribution < -0.4 is 0 Å². The van der Waals surface area contributed by atoms with E-state index in [0.29, 0.717) is 0 Å². The third-order valence-corrected chi connectivity index (χ3v) is 1.70. The van der Waals surface area contributed by atoms with E-state index in [9.17, 15) is 0 Å². The molecule has 0 saturated carbocycles. The molecule has 0 aliphatic rings. The van der Waals surface area contributed by atoms with E-state index >= 15 is 0 Å². The van der Waals surface area contributed by atoms with E-state index in [1.54, 1.807) is 12.3 Å². The topological polar surface area (TPSA) is 53.4 Å². The molecule has 0 spiro atoms. The fourth-order valence-corrected chi connectivity index (χ4v) is 1.01. The normalized spacial score (nSPS) is 10.1. The summed E-state index contributed by atoms with van der Waals surface area (Å²) in [5.74, 6) is 0. The van der Waals surface area contributed by atoms with Crippen LogP contribution in [0.1, 0.15) is 16.8 Å². The van der Waals surface area contributed by atoms with Crippen molar-refractivity contribution in [3.63, 3.8) is 0 Å². The molecule has 1 aromatic rings. The van der Waals surface area contributed by atoms with Crippen molar-refractivity contribution >= 4 is 0 Å². The van der Waals surface area contributed by atoms with Crippen LogP contribution in [0, 0.1) is 6.92 Å². The average Bonchev–Trinajstić information content (AvgIpc) is 2.04. The molecule has 0 unspecified atom stereocenters. The van der Waals surface area contributed by atoms with E-state index in [2.05, 4.69) is 4.98 Å². The molecule has 0 aliphatic carbocycles. The summed E-state index contributed by atoms with van der Waals surface area (Å²) in [6, 6.07) is 1.71. The van der Waals surface area contributed by atoms with E-state index in [1.807, 2.05) is 6.92 Å². The van der Waals surface area contributed by atoms with Crippen molar-refractivity contribution in [2.24, 2.45) is 0 Å². The van der Waals surface area contributed by atoms with Gasteiger partial charge < -0.3 is 10.2 Å². The highest BCUT2D eigenvalue weighted by Crippen LogP contribution is 2.10. The van der Waals surface area contributed by atoms with Gasteiger partial charge in [-0.25, -0.2) is 0 Å². The number of nitrogens with zero attached hydrogens (tertiary/aromatic N) is 1. The zero-order valence-electron chi connectivity index (χ0n) is 6.41. The van der Waals surface area contributed by atoms with Crippen LogP contribution >= 0.6 is 0 Å². The fourth-order valence-electron chi connectivity index (χ4n) is 1.01. The van der Waals surface area contributed by atoms with E-state index in [1.165, 1.54) is 0 Å². The summed E-state index contributed by atoms with van der Waals surface area (Å²) in [5.41, 5.74) is 2.26. The lowest BCUT2D eigenvalue weighted by Gasteiger charge is -2.05. The van der Waals surface area contributed by atoms with Gasteiger partial charge in [-0.1, -0.05) is 0 Å². The minimum Gasteiger partial charge on any atom is -0.392 e. The SMILES string of the molecule is Cc1nccc(CO)c1CO. The number of aliphatic hydroxyl groups excluding tert-OH is 2. The number of hydrogen-bond donors (Lipinski definition) is 2. The van der Waals surface area contributed by atoms with Crippen molar-refractivity contribution in [1.82, 2.24) is 4.98 Å². The second kappa shape index (κ2) is 3.46. The molecule has 0 atom stereocenters. The van der Waals surface area contributed by atoms with Gasteiger partial charge in [-0.3, -0.25) is 4.98 Å². The number of aromatic nitrogens is 1. The number of aliphatic hydroxyl groups is 2. The summed E-state index contributed by atoms with van der Waals surface area (Å²) in [4.78, 5) is 3.99. The summed E-state index contributed by atoms with van der Waals surface area (Å²) in [6.07, 6.45) is 1.63. The zero-order valence-corrected chi connectivity index (χ0v) is 6.41. The minimum atomic E-state index is -0.0600. The Kier molecular flexibility index (Phi) is 2.57. The van der Waals surface area contributed by atoms with Crippen molar-refractivity contribution < 1.29 is 10.2 Å². The smallest absolute Gasteiger partial charge is 0.0703 e. The van der Waals surface area contributed by atoms with E-state index < -0.39 is 0 Å². The quantitative estimate of drug-likeness (QED) is 0.645. The van der Waals surface area contributed by atoms with Gasteiger partial charge in [-0.15, -0.1) is 0 Å². The van der Waals surface area contributed by atoms with Crippen LogP contribution in [0.15, 0.2) is 12.3 Å². The Labute approximate surface area is 65.3 Å². The first kappa shape index (κ1) is 8.17. The summed E-state index contributed by atoms with van der Waals surface area (Å²) in [5, 5.41) is 17.7. The first-order valence-electron chi connectivity index (χ1n) is 3.44. The van der Waals surface area contributed by atoms with Crippen LogP contribution in [-0.2, 0) is 13.2 Å². The highest BCUT2D eigenvalue weighted by atomic mass is 16.3. The molecule has 1 rings (SSSR count). The molecule has 0 aromatic carbocycles. The van der Waals surface area contributed by atoms with Crippen molar-refractivity contribution in [3.8, 4) is 0 Å². The highest BCUT2D eigenvalue weighted by Gasteiger charge is 2.02. The Morgan fingerprint density at radius 2 is 2.09 bits per heavy atom. The molecule has 1 heterocycles. The van der Waals surface area contributed by atoms with Gasteiger partial charge in [0.2, 0.25) is 0 Å². The van der Waals surface area contributed by atoms with Gasteiger partial charge in [0.05, 0.1) is 13.2 Å². The lowest BCUT2D eigenvalue weighted by atomic mass is 10.1. The zero-order chi connectivity index (χ0) is 8.27. The molecule has 3 heteroatoms. The van der Waals surface area contributed by atoms with Gasteiger partial charge in [0.1, 0.15) is 0 Å². The van der Waals surface area contributed by atoms with E-state index in [-0.39, 0.29) is 13.2 Å². The Hall–Kier alpha value is -0.930. The van der Waals surface area contributed by atoms with Crippen molar-refractivity contribution in [1.29, 1.82) is 0 Å². The van der Waals surface area contributed by atoms with Crippen LogP contribution in [0.5, 0.6) is 0 Å². The van der Waals surface area contributed by atoms with Crippen LogP contribution in [0.3, 0.4) is 0 Å². The maximum atomic E-state index is 8.88. The fraction of sp³-hybridized carbons (Fsp3) is 0.375. The van der Waals surface area contributed by atoms with Crippen LogP contribution in [-0.4, -0.2) is 15.2 Å². The lowest BCUT2D eigenvalue weighted by molar-refractivity contribution is 0.258. The van der Waals surface area contributed by atoms with Crippen molar-refractivity contribution in [2.45, 2.75) is 20.1 Å². The summed E-state index contributed by atoms with van der Waals surface area (Å²) in [6.45, 7) is 1.71. The van der Waals surface area contributed by atoms with Crippen LogP contribution in [0.2, 0.25) is 0 Å². The van der Waals surface area contributed by atoms with Crippen LogP contribution in [0.4, 0.5) is 0 Å². The molecule has 0 aliphatic heterocycles. The summed E-state index contributed by atoms with van der Waals surface area (Å²) < 4.78 is 0. The second-order valence-corrected chi connectivity index (χ2v) is 2.35. The van der Waals surface area contributed by atoms with Gasteiger partial charge in [-0.05, 0) is 18.6 Å². The Morgan fingerprint density at radius 3 is 2.55 bits per heavy atom. The van der Waals surface area contributed by atoms with E-state index in [0.717, 1.165) is 16.8 Å². The maximum absolute atomic E-state index is 8.88. The van der Waals surface area contributed by atoms with E-state index in [4.69, 9.17) is 10.2 Å². The summed E-state index contributed by atoms with van der Waals surface area (Å²) in [7, 11) is 0. The molecule has 1 aromatic heterocycles. The monoisotopic (exact) mass is 153 g/mol. The van der Waals surface area contributed by atoms with Gasteiger partial charge in [0.25, 0.3) is 0 Å². The highest BCUT2D eigenvalue weighted by molar-refractivity contribution is 5.27. The van der Waals surface area contributed by atoms with Crippen molar-refractivity contribution in [2.75, 3.05) is 0 Å². The second-order valence-electron chi connectivity index (χ2n) is 2.35. The third kappa shape index (κ3) is 1.56. The van der Waals surface area contributed by atoms with Crippen molar-refractivity contribution in [3.05, 3.63) is 29.1 Å². The molecule has 0 bridgehead atoms. The molecule has 0 radical (unpaired) electrons. The Morgan fingerprint density at radius 1 is 1.36 bits per heavy atom. The molecule has 11 heavy (non-hydrogen) atoms.